The largest absolute Gasteiger partial charge is 0.490 e. The van der Waals surface area contributed by atoms with E-state index in [1.807, 2.05) is 12.1 Å². The van der Waals surface area contributed by atoms with E-state index < -0.39 is 16.1 Å². The van der Waals surface area contributed by atoms with Crippen molar-refractivity contribution in [2.45, 2.75) is 78.8 Å². The molecule has 1 aromatic carbocycles. The van der Waals surface area contributed by atoms with Crippen LogP contribution in [0, 0.1) is 22.9 Å². The fourth-order valence-electron chi connectivity index (χ4n) is 2.15. The van der Waals surface area contributed by atoms with Crippen LogP contribution in [0.15, 0.2) is 12.1 Å². The zero-order valence-corrected chi connectivity index (χ0v) is 21.2. The van der Waals surface area contributed by atoms with Crippen LogP contribution in [0.25, 0.3) is 0 Å². The molecule has 0 aromatic heterocycles. The molecule has 0 N–H and O–H groups in total. The number of rotatable bonds is 8. The fourth-order valence-corrected chi connectivity index (χ4v) is 3.17. The van der Waals surface area contributed by atoms with Crippen LogP contribution in [0.1, 0.15) is 50.7 Å². The van der Waals surface area contributed by atoms with Gasteiger partial charge in [-0.25, -0.2) is 0 Å². The molecule has 0 amide bonds. The van der Waals surface area contributed by atoms with Crippen molar-refractivity contribution < 1.29 is 9.47 Å². The highest BCUT2D eigenvalue weighted by molar-refractivity contribution is 6.84. The van der Waals surface area contributed by atoms with Gasteiger partial charge in [-0.05, 0) is 12.8 Å². The molecule has 154 valence electrons. The zero-order chi connectivity index (χ0) is 21.2. The Morgan fingerprint density at radius 2 is 1.04 bits per heavy atom. The van der Waals surface area contributed by atoms with E-state index in [-0.39, 0.29) is 0 Å². The maximum atomic E-state index is 6.06. The monoisotopic (exact) mass is 414 g/mol. The summed E-state index contributed by atoms with van der Waals surface area (Å²) in [5.41, 5.74) is 8.88. The fraction of sp³-hybridized carbons (Fsp3) is 0.583. The first-order chi connectivity index (χ1) is 13.1. The molecule has 2 nitrogen and oxygen atoms in total. The highest BCUT2D eigenvalue weighted by Gasteiger charge is 2.14. The van der Waals surface area contributed by atoms with Gasteiger partial charge in [0.2, 0.25) is 0 Å². The Hall–Kier alpha value is -1.63. The molecule has 0 spiro atoms. The van der Waals surface area contributed by atoms with Gasteiger partial charge in [0.05, 0.1) is 13.2 Å². The Morgan fingerprint density at radius 1 is 0.679 bits per heavy atom. The minimum atomic E-state index is -1.48. The van der Waals surface area contributed by atoms with Gasteiger partial charge in [-0.1, -0.05) is 77.8 Å². The molecule has 0 saturated carbocycles. The lowest BCUT2D eigenvalue weighted by Crippen LogP contribution is -2.17. The van der Waals surface area contributed by atoms with Crippen LogP contribution in [0.3, 0.4) is 0 Å². The maximum absolute atomic E-state index is 6.06. The zero-order valence-electron chi connectivity index (χ0n) is 19.2. The van der Waals surface area contributed by atoms with Gasteiger partial charge in [-0.3, -0.25) is 0 Å². The minimum absolute atomic E-state index is 0.696. The van der Waals surface area contributed by atoms with Crippen LogP contribution in [0.5, 0.6) is 11.5 Å². The summed E-state index contributed by atoms with van der Waals surface area (Å²) in [6.07, 6.45) is 4.27. The molecular weight excluding hydrogens is 376 g/mol. The summed E-state index contributed by atoms with van der Waals surface area (Å²) in [6.45, 7) is 19.3. The first kappa shape index (κ1) is 24.4. The Labute approximate surface area is 175 Å². The molecule has 0 saturated heterocycles. The Morgan fingerprint density at radius 3 is 1.32 bits per heavy atom. The average Bonchev–Trinajstić information content (AvgIpc) is 2.58. The van der Waals surface area contributed by atoms with Gasteiger partial charge in [0, 0.05) is 23.3 Å². The van der Waals surface area contributed by atoms with Gasteiger partial charge in [-0.2, -0.15) is 0 Å². The van der Waals surface area contributed by atoms with Crippen LogP contribution >= 0.6 is 0 Å². The lowest BCUT2D eigenvalue weighted by Gasteiger charge is -2.15. The van der Waals surface area contributed by atoms with Crippen LogP contribution in [0.4, 0.5) is 0 Å². The first-order valence-electron chi connectivity index (χ1n) is 10.6. The summed E-state index contributed by atoms with van der Waals surface area (Å²) in [4.78, 5) is 0. The van der Waals surface area contributed by atoms with E-state index in [2.05, 4.69) is 76.1 Å². The van der Waals surface area contributed by atoms with E-state index in [0.29, 0.717) is 13.2 Å². The molecule has 4 heteroatoms. The molecule has 1 aromatic rings. The van der Waals surface area contributed by atoms with Crippen LogP contribution in [-0.4, -0.2) is 29.4 Å². The van der Waals surface area contributed by atoms with Gasteiger partial charge in [0.25, 0.3) is 0 Å². The molecule has 0 atom stereocenters. The van der Waals surface area contributed by atoms with Crippen molar-refractivity contribution in [2.24, 2.45) is 0 Å². The molecule has 0 radical (unpaired) electrons. The van der Waals surface area contributed by atoms with Crippen molar-refractivity contribution >= 4 is 16.1 Å². The number of unbranched alkanes of at least 4 members (excludes halogenated alkanes) is 2. The summed E-state index contributed by atoms with van der Waals surface area (Å²) >= 11 is 0. The lowest BCUT2D eigenvalue weighted by molar-refractivity contribution is 0.262. The van der Waals surface area contributed by atoms with Crippen molar-refractivity contribution in [1.82, 2.24) is 0 Å². The Bertz CT molecular complexity index is 683. The third kappa shape index (κ3) is 10.1. The normalized spacial score (nSPS) is 11.1. The predicted octanol–water partition coefficient (Wildman–Crippen LogP) is 6.50. The van der Waals surface area contributed by atoms with Gasteiger partial charge in [-0.15, -0.1) is 11.1 Å². The van der Waals surface area contributed by atoms with Gasteiger partial charge >= 0.3 is 0 Å². The average molecular weight is 415 g/mol. The first-order valence-corrected chi connectivity index (χ1v) is 17.6. The molecule has 0 aliphatic rings. The third-order valence-corrected chi connectivity index (χ3v) is 5.49. The second-order valence-electron chi connectivity index (χ2n) is 9.25. The van der Waals surface area contributed by atoms with Crippen molar-refractivity contribution in [3.8, 4) is 34.4 Å². The van der Waals surface area contributed by atoms with Crippen molar-refractivity contribution in [1.29, 1.82) is 0 Å². The predicted molar refractivity (Wildman–Crippen MR) is 128 cm³/mol. The molecule has 28 heavy (non-hydrogen) atoms. The van der Waals surface area contributed by atoms with E-state index in [9.17, 15) is 0 Å². The standard InChI is InChI=1S/C24H38O2Si2/c1-9-11-15-25-23-19-21(13-17-27(3,4)5)22(14-18-28(6,7)8)20-24(23)26-16-12-10-2/h19-20H,9-12,15-16H2,1-8H3. The van der Waals surface area contributed by atoms with E-state index in [4.69, 9.17) is 9.47 Å². The van der Waals surface area contributed by atoms with Crippen LogP contribution in [-0.2, 0) is 0 Å². The van der Waals surface area contributed by atoms with Gasteiger partial charge in [0.15, 0.2) is 11.5 Å². The summed E-state index contributed by atoms with van der Waals surface area (Å²) < 4.78 is 12.1. The summed E-state index contributed by atoms with van der Waals surface area (Å²) in [5, 5.41) is 0. The molecule has 0 aliphatic heterocycles. The summed E-state index contributed by atoms with van der Waals surface area (Å²) in [7, 11) is -2.97. The van der Waals surface area contributed by atoms with Crippen molar-refractivity contribution in [2.75, 3.05) is 13.2 Å². The molecular formula is C24H38O2Si2. The Kier molecular flexibility index (Phi) is 9.93. The highest BCUT2D eigenvalue weighted by atomic mass is 28.3. The quantitative estimate of drug-likeness (QED) is 0.274. The van der Waals surface area contributed by atoms with E-state index in [1.54, 1.807) is 0 Å². The molecule has 0 bridgehead atoms. The minimum Gasteiger partial charge on any atom is -0.490 e. The van der Waals surface area contributed by atoms with Crippen LogP contribution in [0.2, 0.25) is 39.3 Å². The summed E-state index contributed by atoms with van der Waals surface area (Å²) in [5.74, 6) is 8.40. The molecule has 1 rings (SSSR count). The highest BCUT2D eigenvalue weighted by Crippen LogP contribution is 2.31. The van der Waals surface area contributed by atoms with Gasteiger partial charge < -0.3 is 9.47 Å². The number of hydrogen-bond acceptors (Lipinski definition) is 2. The van der Waals surface area contributed by atoms with E-state index >= 15 is 0 Å². The topological polar surface area (TPSA) is 18.5 Å². The van der Waals surface area contributed by atoms with Crippen molar-refractivity contribution in [3.05, 3.63) is 23.3 Å². The van der Waals surface area contributed by atoms with E-state index in [0.717, 1.165) is 48.3 Å². The maximum Gasteiger partial charge on any atom is 0.162 e. The number of benzene rings is 1. The molecule has 0 unspecified atom stereocenters. The van der Waals surface area contributed by atoms with E-state index in [1.165, 1.54) is 0 Å². The Balaban J connectivity index is 3.42. The summed E-state index contributed by atoms with van der Waals surface area (Å²) in [6, 6.07) is 4.08. The lowest BCUT2D eigenvalue weighted by atomic mass is 10.1. The molecule has 0 aliphatic carbocycles. The second kappa shape index (κ2) is 11.4. The van der Waals surface area contributed by atoms with Crippen molar-refractivity contribution in [3.63, 3.8) is 0 Å². The SMILES string of the molecule is CCCCOc1cc(C#C[Si](C)(C)C)c(C#C[Si](C)(C)C)cc1OCCCC. The number of ether oxygens (including phenoxy) is 2. The third-order valence-electron chi connectivity index (χ3n) is 3.74. The number of hydrogen-bond donors (Lipinski definition) is 0. The molecule has 0 heterocycles. The van der Waals surface area contributed by atoms with Gasteiger partial charge in [0.1, 0.15) is 16.1 Å². The second-order valence-corrected chi connectivity index (χ2v) is 18.7. The molecule has 0 fully saturated rings. The van der Waals surface area contributed by atoms with Crippen LogP contribution < -0.4 is 9.47 Å². The smallest absolute Gasteiger partial charge is 0.162 e.